The molecule has 0 amide bonds. The summed E-state index contributed by atoms with van der Waals surface area (Å²) in [5, 5.41) is 0.727. The number of hydrogen-bond donors (Lipinski definition) is 0. The van der Waals surface area contributed by atoms with Gasteiger partial charge in [-0.05, 0) is 54.8 Å². The van der Waals surface area contributed by atoms with Gasteiger partial charge in [-0.15, -0.1) is 11.6 Å². The van der Waals surface area contributed by atoms with Crippen molar-refractivity contribution in [2.75, 3.05) is 7.11 Å². The van der Waals surface area contributed by atoms with Crippen molar-refractivity contribution in [2.45, 2.75) is 19.2 Å². The van der Waals surface area contributed by atoms with Crippen LogP contribution < -0.4 is 4.74 Å². The molecule has 0 aromatic heterocycles. The topological polar surface area (TPSA) is 9.23 Å². The zero-order chi connectivity index (χ0) is 15.7. The van der Waals surface area contributed by atoms with Crippen molar-refractivity contribution in [3.8, 4) is 5.75 Å². The fourth-order valence-corrected chi connectivity index (χ4v) is 3.83. The van der Waals surface area contributed by atoms with Gasteiger partial charge in [0, 0.05) is 20.1 Å². The second-order valence-electron chi connectivity index (χ2n) is 4.81. The molecule has 1 atom stereocenters. The SMILES string of the molecule is COc1c(C)cc(Br)c(C)c1C(Cl)c1cc(Cl)cc(Cl)c1. The van der Waals surface area contributed by atoms with Crippen LogP contribution in [0.1, 0.15) is 27.6 Å². The number of halogens is 4. The molecule has 21 heavy (non-hydrogen) atoms. The van der Waals surface area contributed by atoms with E-state index in [1.165, 1.54) is 0 Å². The number of methoxy groups -OCH3 is 1. The van der Waals surface area contributed by atoms with Crippen molar-refractivity contribution in [1.29, 1.82) is 0 Å². The number of hydrogen-bond acceptors (Lipinski definition) is 1. The fourth-order valence-electron chi connectivity index (χ4n) is 2.34. The van der Waals surface area contributed by atoms with E-state index in [0.717, 1.165) is 32.5 Å². The van der Waals surface area contributed by atoms with Gasteiger partial charge in [-0.25, -0.2) is 0 Å². The van der Waals surface area contributed by atoms with Crippen LogP contribution in [0.5, 0.6) is 5.75 Å². The zero-order valence-corrected chi connectivity index (χ0v) is 15.7. The summed E-state index contributed by atoms with van der Waals surface area (Å²) in [5.74, 6) is 0.784. The first-order chi connectivity index (χ1) is 9.85. The highest BCUT2D eigenvalue weighted by Crippen LogP contribution is 2.42. The number of alkyl halides is 1. The molecule has 1 nitrogen and oxygen atoms in total. The summed E-state index contributed by atoms with van der Waals surface area (Å²) < 4.78 is 6.54. The van der Waals surface area contributed by atoms with E-state index in [2.05, 4.69) is 15.9 Å². The van der Waals surface area contributed by atoms with Gasteiger partial charge in [0.15, 0.2) is 0 Å². The average molecular weight is 409 g/mol. The molecule has 0 saturated carbocycles. The monoisotopic (exact) mass is 406 g/mol. The summed E-state index contributed by atoms with van der Waals surface area (Å²) in [6.07, 6.45) is 0. The van der Waals surface area contributed by atoms with Gasteiger partial charge in [0.2, 0.25) is 0 Å². The Morgan fingerprint density at radius 1 is 1.05 bits per heavy atom. The summed E-state index contributed by atoms with van der Waals surface area (Å²) in [7, 11) is 1.65. The smallest absolute Gasteiger partial charge is 0.127 e. The molecule has 1 unspecified atom stereocenters. The number of benzene rings is 2. The molecule has 0 fully saturated rings. The highest BCUT2D eigenvalue weighted by molar-refractivity contribution is 9.10. The van der Waals surface area contributed by atoms with Crippen LogP contribution in [0.2, 0.25) is 10.0 Å². The molecule has 0 aliphatic carbocycles. The molecule has 0 radical (unpaired) electrons. The average Bonchev–Trinajstić information content (AvgIpc) is 2.40. The molecule has 0 aliphatic heterocycles. The first-order valence-electron chi connectivity index (χ1n) is 6.28. The molecule has 0 saturated heterocycles. The Kier molecular flexibility index (Phi) is 5.48. The molecule has 112 valence electrons. The Morgan fingerprint density at radius 3 is 2.14 bits per heavy atom. The summed E-state index contributed by atoms with van der Waals surface area (Å²) in [4.78, 5) is 0. The molecule has 0 bridgehead atoms. The third-order valence-electron chi connectivity index (χ3n) is 3.34. The normalized spacial score (nSPS) is 12.3. The van der Waals surface area contributed by atoms with Gasteiger partial charge in [0.05, 0.1) is 12.5 Å². The van der Waals surface area contributed by atoms with E-state index in [0.29, 0.717) is 10.0 Å². The van der Waals surface area contributed by atoms with Gasteiger partial charge in [0.1, 0.15) is 5.75 Å². The van der Waals surface area contributed by atoms with Crippen LogP contribution in [0.25, 0.3) is 0 Å². The minimum absolute atomic E-state index is 0.396. The summed E-state index contributed by atoms with van der Waals surface area (Å²) in [6, 6.07) is 7.35. The van der Waals surface area contributed by atoms with E-state index < -0.39 is 5.38 Å². The molecular formula is C16H14BrCl3O. The predicted octanol–water partition coefficient (Wildman–Crippen LogP) is 6.71. The van der Waals surface area contributed by atoms with Crippen LogP contribution in [0.3, 0.4) is 0 Å². The number of rotatable bonds is 3. The second-order valence-corrected chi connectivity index (χ2v) is 6.98. The van der Waals surface area contributed by atoms with Crippen molar-refractivity contribution in [2.24, 2.45) is 0 Å². The van der Waals surface area contributed by atoms with Gasteiger partial charge >= 0.3 is 0 Å². The summed E-state index contributed by atoms with van der Waals surface area (Å²) >= 11 is 22.4. The highest BCUT2D eigenvalue weighted by Gasteiger charge is 2.22. The van der Waals surface area contributed by atoms with E-state index in [4.69, 9.17) is 39.5 Å². The predicted molar refractivity (Wildman–Crippen MR) is 94.3 cm³/mol. The lowest BCUT2D eigenvalue weighted by Gasteiger charge is -2.20. The molecule has 0 heterocycles. The largest absolute Gasteiger partial charge is 0.496 e. The van der Waals surface area contributed by atoms with Crippen molar-refractivity contribution < 1.29 is 4.74 Å². The van der Waals surface area contributed by atoms with Crippen molar-refractivity contribution in [1.82, 2.24) is 0 Å². The quantitative estimate of drug-likeness (QED) is 0.513. The first-order valence-corrected chi connectivity index (χ1v) is 8.27. The Balaban J connectivity index is 2.64. The van der Waals surface area contributed by atoms with Gasteiger partial charge in [-0.1, -0.05) is 39.1 Å². The Hall–Kier alpha value is -0.410. The molecule has 2 aromatic rings. The van der Waals surface area contributed by atoms with Gasteiger partial charge in [-0.2, -0.15) is 0 Å². The first kappa shape index (κ1) is 17.0. The van der Waals surface area contributed by atoms with E-state index in [9.17, 15) is 0 Å². The minimum Gasteiger partial charge on any atom is -0.496 e. The maximum atomic E-state index is 6.69. The van der Waals surface area contributed by atoms with Crippen LogP contribution in [-0.4, -0.2) is 7.11 Å². The molecule has 2 aromatic carbocycles. The Morgan fingerprint density at radius 2 is 1.62 bits per heavy atom. The molecule has 0 aliphatic rings. The lowest BCUT2D eigenvalue weighted by molar-refractivity contribution is 0.406. The van der Waals surface area contributed by atoms with Crippen LogP contribution in [0.4, 0.5) is 0 Å². The van der Waals surface area contributed by atoms with E-state index in [1.807, 2.05) is 32.0 Å². The highest BCUT2D eigenvalue weighted by atomic mass is 79.9. The van der Waals surface area contributed by atoms with Gasteiger partial charge in [0.25, 0.3) is 0 Å². The van der Waals surface area contributed by atoms with E-state index >= 15 is 0 Å². The van der Waals surface area contributed by atoms with Crippen molar-refractivity contribution in [3.05, 3.63) is 61.0 Å². The Bertz CT molecular complexity index is 665. The molecular weight excluding hydrogens is 394 g/mol. The lowest BCUT2D eigenvalue weighted by Crippen LogP contribution is -2.03. The standard InChI is InChI=1S/C16H14BrCl3O/c1-8-4-13(17)9(2)14(16(8)21-3)15(20)10-5-11(18)7-12(19)6-10/h4-7,15H,1-3H3. The Labute approximate surface area is 148 Å². The maximum Gasteiger partial charge on any atom is 0.127 e. The zero-order valence-electron chi connectivity index (χ0n) is 11.8. The summed E-state index contributed by atoms with van der Waals surface area (Å²) in [5.41, 5.74) is 3.81. The second kappa shape index (κ2) is 6.78. The minimum atomic E-state index is -0.396. The van der Waals surface area contributed by atoms with Crippen LogP contribution >= 0.6 is 50.7 Å². The molecule has 0 N–H and O–H groups in total. The van der Waals surface area contributed by atoms with Crippen molar-refractivity contribution >= 4 is 50.7 Å². The van der Waals surface area contributed by atoms with Crippen LogP contribution in [0.15, 0.2) is 28.7 Å². The lowest BCUT2D eigenvalue weighted by atomic mass is 9.96. The number of ether oxygens (including phenoxy) is 1. The van der Waals surface area contributed by atoms with E-state index in [-0.39, 0.29) is 0 Å². The van der Waals surface area contributed by atoms with Gasteiger partial charge in [-0.3, -0.25) is 0 Å². The molecule has 5 heteroatoms. The molecule has 2 rings (SSSR count). The van der Waals surface area contributed by atoms with Crippen molar-refractivity contribution in [3.63, 3.8) is 0 Å². The third-order valence-corrected chi connectivity index (χ3v) is 5.07. The third kappa shape index (κ3) is 3.50. The molecule has 0 spiro atoms. The maximum absolute atomic E-state index is 6.69. The van der Waals surface area contributed by atoms with Crippen LogP contribution in [0, 0.1) is 13.8 Å². The van der Waals surface area contributed by atoms with Crippen LogP contribution in [-0.2, 0) is 0 Å². The summed E-state index contributed by atoms with van der Waals surface area (Å²) in [6.45, 7) is 3.99. The van der Waals surface area contributed by atoms with Gasteiger partial charge < -0.3 is 4.74 Å². The van der Waals surface area contributed by atoms with E-state index in [1.54, 1.807) is 13.2 Å². The fraction of sp³-hybridized carbons (Fsp3) is 0.250. The number of aryl methyl sites for hydroxylation is 1.